The summed E-state index contributed by atoms with van der Waals surface area (Å²) in [5.41, 5.74) is -0.212. The van der Waals surface area contributed by atoms with Gasteiger partial charge in [0.05, 0.1) is 16.4 Å². The average molecular weight is 356 g/mol. The Balaban J connectivity index is 2.05. The second-order valence-electron chi connectivity index (χ2n) is 5.66. The molecule has 1 atom stereocenters. The molecule has 24 heavy (non-hydrogen) atoms. The highest BCUT2D eigenvalue weighted by molar-refractivity contribution is 7.91. The maximum Gasteiger partial charge on any atom is 0.310 e. The summed E-state index contributed by atoms with van der Waals surface area (Å²) in [6.45, 7) is 1.97. The van der Waals surface area contributed by atoms with Crippen LogP contribution < -0.4 is 4.74 Å². The van der Waals surface area contributed by atoms with Crippen LogP contribution in [0.4, 0.5) is 5.69 Å². The fraction of sp³-hybridized carbons (Fsp3) is 0.533. The monoisotopic (exact) mass is 356 g/mol. The van der Waals surface area contributed by atoms with Crippen LogP contribution in [0.3, 0.4) is 0 Å². The molecule has 0 saturated carbocycles. The number of nitrogens with zero attached hydrogens (tertiary/aromatic N) is 2. The number of nitro benzene ring substituents is 1. The minimum absolute atomic E-state index is 0.0198. The van der Waals surface area contributed by atoms with Gasteiger partial charge in [0, 0.05) is 18.7 Å². The number of nitro groups is 1. The summed E-state index contributed by atoms with van der Waals surface area (Å²) in [6, 6.07) is 5.47. The van der Waals surface area contributed by atoms with Gasteiger partial charge in [-0.05, 0) is 18.9 Å². The molecule has 2 rings (SSSR count). The number of rotatable bonds is 7. The van der Waals surface area contributed by atoms with E-state index in [2.05, 4.69) is 0 Å². The maximum absolute atomic E-state index is 12.4. The Bertz CT molecular complexity index is 718. The van der Waals surface area contributed by atoms with Crippen LogP contribution in [-0.4, -0.2) is 54.8 Å². The lowest BCUT2D eigenvalue weighted by atomic mass is 10.2. The van der Waals surface area contributed by atoms with E-state index in [1.54, 1.807) is 6.07 Å². The molecule has 1 amide bonds. The third-order valence-electron chi connectivity index (χ3n) is 3.85. The van der Waals surface area contributed by atoms with Crippen molar-refractivity contribution in [2.45, 2.75) is 25.8 Å². The molecule has 1 fully saturated rings. The van der Waals surface area contributed by atoms with Crippen molar-refractivity contribution >= 4 is 21.4 Å². The molecule has 1 aromatic rings. The fourth-order valence-corrected chi connectivity index (χ4v) is 4.46. The lowest BCUT2D eigenvalue weighted by Gasteiger charge is -2.27. The SMILES string of the molecule is CCCN(C(=O)COc1ccccc1[N+](=O)[O-])[C@@H]1CCS(=O)(=O)C1. The quantitative estimate of drug-likeness (QED) is 0.540. The lowest BCUT2D eigenvalue weighted by molar-refractivity contribution is -0.385. The van der Waals surface area contributed by atoms with Gasteiger partial charge in [0.15, 0.2) is 22.2 Å². The number of sulfone groups is 1. The number of para-hydroxylation sites is 2. The van der Waals surface area contributed by atoms with E-state index in [4.69, 9.17) is 4.74 Å². The van der Waals surface area contributed by atoms with Crippen molar-refractivity contribution in [3.63, 3.8) is 0 Å². The molecule has 1 saturated heterocycles. The summed E-state index contributed by atoms with van der Waals surface area (Å²) in [6.07, 6.45) is 1.10. The highest BCUT2D eigenvalue weighted by atomic mass is 32.2. The summed E-state index contributed by atoms with van der Waals surface area (Å²) in [7, 11) is -3.10. The number of hydrogen-bond donors (Lipinski definition) is 0. The van der Waals surface area contributed by atoms with Crippen molar-refractivity contribution in [1.29, 1.82) is 0 Å². The Kier molecular flexibility index (Phi) is 5.76. The van der Waals surface area contributed by atoms with Crippen LogP contribution in [0, 0.1) is 10.1 Å². The molecule has 1 aliphatic rings. The summed E-state index contributed by atoms with van der Waals surface area (Å²) in [5, 5.41) is 10.9. The van der Waals surface area contributed by atoms with Gasteiger partial charge in [-0.25, -0.2) is 8.42 Å². The molecule has 1 aromatic carbocycles. The van der Waals surface area contributed by atoms with Gasteiger partial charge in [-0.3, -0.25) is 14.9 Å². The Morgan fingerprint density at radius 2 is 2.12 bits per heavy atom. The molecule has 0 unspecified atom stereocenters. The second-order valence-corrected chi connectivity index (χ2v) is 7.89. The molecule has 0 radical (unpaired) electrons. The van der Waals surface area contributed by atoms with Gasteiger partial charge < -0.3 is 9.64 Å². The Hall–Kier alpha value is -2.16. The Morgan fingerprint density at radius 3 is 2.71 bits per heavy atom. The van der Waals surface area contributed by atoms with E-state index in [0.29, 0.717) is 19.4 Å². The summed E-state index contributed by atoms with van der Waals surface area (Å²) >= 11 is 0. The number of carbonyl (C=O) groups is 1. The number of ether oxygens (including phenoxy) is 1. The third-order valence-corrected chi connectivity index (χ3v) is 5.60. The smallest absolute Gasteiger partial charge is 0.310 e. The molecule has 9 heteroatoms. The predicted octanol–water partition coefficient (Wildman–Crippen LogP) is 1.40. The maximum atomic E-state index is 12.4. The molecular formula is C15H20N2O6S. The first kappa shape index (κ1) is 18.2. The molecule has 132 valence electrons. The molecule has 0 aromatic heterocycles. The number of benzene rings is 1. The zero-order valence-corrected chi connectivity index (χ0v) is 14.2. The predicted molar refractivity (Wildman–Crippen MR) is 87.7 cm³/mol. The first-order valence-electron chi connectivity index (χ1n) is 7.70. The summed E-state index contributed by atoms with van der Waals surface area (Å²) in [5.74, 6) is -0.302. The van der Waals surface area contributed by atoms with Crippen LogP contribution in [0.25, 0.3) is 0 Å². The van der Waals surface area contributed by atoms with Gasteiger partial charge >= 0.3 is 5.69 Å². The van der Waals surface area contributed by atoms with E-state index in [1.165, 1.54) is 23.1 Å². The summed E-state index contributed by atoms with van der Waals surface area (Å²) < 4.78 is 28.6. The fourth-order valence-electron chi connectivity index (χ4n) is 2.73. The molecule has 0 aliphatic carbocycles. The Morgan fingerprint density at radius 1 is 1.42 bits per heavy atom. The minimum atomic E-state index is -3.10. The standard InChI is InChI=1S/C15H20N2O6S/c1-2-8-16(12-7-9-24(21,22)11-12)15(18)10-23-14-6-4-3-5-13(14)17(19)20/h3-6,12H,2,7-11H2,1H3/t12-/m1/s1. The highest BCUT2D eigenvalue weighted by Gasteiger charge is 2.34. The first-order chi connectivity index (χ1) is 11.3. The normalized spacial score (nSPS) is 19.0. The van der Waals surface area contributed by atoms with Crippen LogP contribution in [0.2, 0.25) is 0 Å². The topological polar surface area (TPSA) is 107 Å². The minimum Gasteiger partial charge on any atom is -0.477 e. The van der Waals surface area contributed by atoms with Crippen molar-refractivity contribution in [2.75, 3.05) is 24.7 Å². The van der Waals surface area contributed by atoms with Crippen molar-refractivity contribution < 1.29 is 22.9 Å². The third kappa shape index (κ3) is 4.44. The zero-order valence-electron chi connectivity index (χ0n) is 13.4. The van der Waals surface area contributed by atoms with E-state index >= 15 is 0 Å². The molecule has 0 bridgehead atoms. The second kappa shape index (κ2) is 7.61. The van der Waals surface area contributed by atoms with Crippen molar-refractivity contribution in [1.82, 2.24) is 4.90 Å². The van der Waals surface area contributed by atoms with Crippen molar-refractivity contribution in [2.24, 2.45) is 0 Å². The van der Waals surface area contributed by atoms with Crippen LogP contribution in [-0.2, 0) is 14.6 Å². The lowest BCUT2D eigenvalue weighted by Crippen LogP contribution is -2.44. The van der Waals surface area contributed by atoms with E-state index in [-0.39, 0.29) is 41.5 Å². The molecule has 0 N–H and O–H groups in total. The van der Waals surface area contributed by atoms with E-state index < -0.39 is 14.8 Å². The highest BCUT2D eigenvalue weighted by Crippen LogP contribution is 2.26. The van der Waals surface area contributed by atoms with Gasteiger partial charge in [-0.2, -0.15) is 0 Å². The van der Waals surface area contributed by atoms with Crippen LogP contribution in [0.1, 0.15) is 19.8 Å². The largest absolute Gasteiger partial charge is 0.477 e. The van der Waals surface area contributed by atoms with Crippen LogP contribution in [0.15, 0.2) is 24.3 Å². The average Bonchev–Trinajstić information content (AvgIpc) is 2.90. The van der Waals surface area contributed by atoms with Gasteiger partial charge in [-0.15, -0.1) is 0 Å². The number of carbonyl (C=O) groups excluding carboxylic acids is 1. The molecule has 1 heterocycles. The van der Waals surface area contributed by atoms with Crippen molar-refractivity contribution in [3.8, 4) is 5.75 Å². The van der Waals surface area contributed by atoms with E-state index in [9.17, 15) is 23.3 Å². The van der Waals surface area contributed by atoms with Gasteiger partial charge in [0.2, 0.25) is 0 Å². The molecular weight excluding hydrogens is 336 g/mol. The van der Waals surface area contributed by atoms with Crippen molar-refractivity contribution in [3.05, 3.63) is 34.4 Å². The molecule has 1 aliphatic heterocycles. The van der Waals surface area contributed by atoms with Gasteiger partial charge in [-0.1, -0.05) is 19.1 Å². The van der Waals surface area contributed by atoms with Crippen LogP contribution >= 0.6 is 0 Å². The molecule has 8 nitrogen and oxygen atoms in total. The molecule has 0 spiro atoms. The van der Waals surface area contributed by atoms with Gasteiger partial charge in [0.1, 0.15) is 0 Å². The zero-order chi connectivity index (χ0) is 17.7. The summed E-state index contributed by atoms with van der Waals surface area (Å²) in [4.78, 5) is 24.3. The van der Waals surface area contributed by atoms with Crippen LogP contribution in [0.5, 0.6) is 5.75 Å². The number of amides is 1. The van der Waals surface area contributed by atoms with Gasteiger partial charge in [0.25, 0.3) is 5.91 Å². The first-order valence-corrected chi connectivity index (χ1v) is 9.52. The van der Waals surface area contributed by atoms with E-state index in [1.807, 2.05) is 6.92 Å². The van der Waals surface area contributed by atoms with E-state index in [0.717, 1.165) is 0 Å². The number of hydrogen-bond acceptors (Lipinski definition) is 6. The Labute approximate surface area is 140 Å².